The number of para-hydroxylation sites is 1. The molecule has 1 aromatic rings. The summed E-state index contributed by atoms with van der Waals surface area (Å²) in [4.78, 5) is 11.5. The van der Waals surface area contributed by atoms with Crippen LogP contribution in [0.15, 0.2) is 36.9 Å². The minimum Gasteiger partial charge on any atom is -0.410 e. The molecule has 2 rings (SSSR count). The van der Waals surface area contributed by atoms with Gasteiger partial charge in [-0.15, -0.1) is 30.1 Å². The van der Waals surface area contributed by atoms with Crippen molar-refractivity contribution in [2.24, 2.45) is 0 Å². The molecular formula is C13H15NO2S2. The summed E-state index contributed by atoms with van der Waals surface area (Å²) in [5.41, 5.74) is 1.08. The van der Waals surface area contributed by atoms with Crippen LogP contribution in [0.2, 0.25) is 0 Å². The van der Waals surface area contributed by atoms with Crippen molar-refractivity contribution in [3.63, 3.8) is 0 Å². The smallest absolute Gasteiger partial charge is 0.410 e. The number of carbonyl (C=O) groups is 1. The summed E-state index contributed by atoms with van der Waals surface area (Å²) in [6, 6.07) is 7.71. The fraction of sp³-hybridized carbons (Fsp3) is 0.308. The fourth-order valence-corrected chi connectivity index (χ4v) is 4.51. The number of rotatable bonds is 4. The normalized spacial score (nSPS) is 15.3. The number of hydrogen-bond acceptors (Lipinski definition) is 4. The van der Waals surface area contributed by atoms with Crippen molar-refractivity contribution in [1.29, 1.82) is 0 Å². The average Bonchev–Trinajstić information content (AvgIpc) is 2.91. The summed E-state index contributed by atoms with van der Waals surface area (Å²) in [6.45, 7) is 3.95. The Morgan fingerprint density at radius 1 is 1.44 bits per heavy atom. The molecule has 18 heavy (non-hydrogen) atoms. The molecule has 0 aromatic heterocycles. The molecule has 0 saturated carbocycles. The number of ether oxygens (including phenoxy) is 1. The summed E-state index contributed by atoms with van der Waals surface area (Å²) in [5, 5.41) is 2.61. The van der Waals surface area contributed by atoms with Gasteiger partial charge in [-0.2, -0.15) is 0 Å². The minimum atomic E-state index is -0.435. The predicted molar refractivity (Wildman–Crippen MR) is 78.3 cm³/mol. The van der Waals surface area contributed by atoms with Crippen molar-refractivity contribution in [2.75, 3.05) is 18.1 Å². The predicted octanol–water partition coefficient (Wildman–Crippen LogP) is 3.44. The first-order chi connectivity index (χ1) is 8.81. The number of benzene rings is 1. The van der Waals surface area contributed by atoms with Gasteiger partial charge in [0.2, 0.25) is 0 Å². The number of carbonyl (C=O) groups excluding carboxylic acids is 1. The van der Waals surface area contributed by atoms with Gasteiger partial charge in [-0.1, -0.05) is 24.3 Å². The molecule has 0 aliphatic carbocycles. The molecule has 1 fully saturated rings. The molecule has 0 radical (unpaired) electrons. The first kappa shape index (κ1) is 13.4. The number of amides is 1. The summed E-state index contributed by atoms with van der Waals surface area (Å²) in [6.07, 6.45) is 1.19. The van der Waals surface area contributed by atoms with E-state index in [-0.39, 0.29) is 0 Å². The summed E-state index contributed by atoms with van der Waals surface area (Å²) in [7, 11) is 0. The maximum atomic E-state index is 11.5. The summed E-state index contributed by atoms with van der Waals surface area (Å²) < 4.78 is 5.70. The van der Waals surface area contributed by atoms with Crippen molar-refractivity contribution < 1.29 is 9.53 Å². The summed E-state index contributed by atoms with van der Waals surface area (Å²) >= 11 is 3.78. The molecule has 1 aliphatic heterocycles. The van der Waals surface area contributed by atoms with E-state index in [2.05, 4.69) is 11.9 Å². The Hall–Kier alpha value is -1.07. The Morgan fingerprint density at radius 2 is 2.17 bits per heavy atom. The zero-order valence-electron chi connectivity index (χ0n) is 9.93. The lowest BCUT2D eigenvalue weighted by atomic mass is 10.2. The SMILES string of the molecule is C=CCNC(=O)Oc1ccccc1C1SCCS1. The van der Waals surface area contributed by atoms with Gasteiger partial charge >= 0.3 is 6.09 Å². The highest BCUT2D eigenvalue weighted by atomic mass is 32.2. The minimum absolute atomic E-state index is 0.369. The molecule has 1 heterocycles. The number of nitrogens with one attached hydrogen (secondary N) is 1. The van der Waals surface area contributed by atoms with Gasteiger partial charge in [0.1, 0.15) is 5.75 Å². The van der Waals surface area contributed by atoms with Gasteiger partial charge in [-0.25, -0.2) is 4.79 Å². The monoisotopic (exact) mass is 281 g/mol. The maximum Gasteiger partial charge on any atom is 0.412 e. The van der Waals surface area contributed by atoms with Crippen LogP contribution in [0.4, 0.5) is 4.79 Å². The van der Waals surface area contributed by atoms with Crippen molar-refractivity contribution in [2.45, 2.75) is 4.58 Å². The highest BCUT2D eigenvalue weighted by Crippen LogP contribution is 2.48. The Balaban J connectivity index is 2.07. The van der Waals surface area contributed by atoms with Crippen molar-refractivity contribution in [1.82, 2.24) is 5.32 Å². The van der Waals surface area contributed by atoms with Crippen LogP contribution in [0, 0.1) is 0 Å². The van der Waals surface area contributed by atoms with Gasteiger partial charge in [0.05, 0.1) is 4.58 Å². The number of hydrogen-bond donors (Lipinski definition) is 1. The van der Waals surface area contributed by atoms with E-state index in [1.54, 1.807) is 6.08 Å². The molecule has 96 valence electrons. The first-order valence-electron chi connectivity index (χ1n) is 5.70. The lowest BCUT2D eigenvalue weighted by Crippen LogP contribution is -2.27. The molecule has 1 amide bonds. The van der Waals surface area contributed by atoms with E-state index in [4.69, 9.17) is 4.74 Å². The maximum absolute atomic E-state index is 11.5. The Morgan fingerprint density at radius 3 is 2.89 bits per heavy atom. The van der Waals surface area contributed by atoms with Gasteiger partial charge in [0.25, 0.3) is 0 Å². The van der Waals surface area contributed by atoms with Crippen LogP contribution in [0.5, 0.6) is 5.75 Å². The van der Waals surface area contributed by atoms with Crippen LogP contribution in [-0.2, 0) is 0 Å². The van der Waals surface area contributed by atoms with Crippen LogP contribution in [0.1, 0.15) is 10.1 Å². The molecule has 3 nitrogen and oxygen atoms in total. The molecule has 0 bridgehead atoms. The molecule has 1 aliphatic rings. The van der Waals surface area contributed by atoms with E-state index >= 15 is 0 Å². The average molecular weight is 281 g/mol. The second-order valence-corrected chi connectivity index (χ2v) is 6.39. The van der Waals surface area contributed by atoms with Crippen molar-refractivity contribution in [3.05, 3.63) is 42.5 Å². The lowest BCUT2D eigenvalue weighted by molar-refractivity contribution is 0.201. The van der Waals surface area contributed by atoms with Crippen LogP contribution in [0.3, 0.4) is 0 Å². The Bertz CT molecular complexity index is 431. The standard InChI is InChI=1S/C13H15NO2S2/c1-2-7-14-13(15)16-11-6-4-3-5-10(11)12-17-8-9-18-12/h2-6,12H,1,7-9H2,(H,14,15). The fourth-order valence-electron chi connectivity index (χ4n) is 1.60. The van der Waals surface area contributed by atoms with E-state index in [1.165, 1.54) is 0 Å². The first-order valence-corrected chi connectivity index (χ1v) is 7.79. The van der Waals surface area contributed by atoms with Crippen molar-refractivity contribution in [3.8, 4) is 5.75 Å². The highest BCUT2D eigenvalue weighted by Gasteiger charge is 2.22. The Kier molecular flexibility index (Phi) is 5.01. The largest absolute Gasteiger partial charge is 0.412 e. The van der Waals surface area contributed by atoms with Crippen molar-refractivity contribution >= 4 is 29.6 Å². The van der Waals surface area contributed by atoms with E-state index in [0.717, 1.165) is 17.1 Å². The van der Waals surface area contributed by atoms with Gasteiger partial charge in [-0.3, -0.25) is 0 Å². The topological polar surface area (TPSA) is 38.3 Å². The van der Waals surface area contributed by atoms with E-state index in [9.17, 15) is 4.79 Å². The molecule has 0 unspecified atom stereocenters. The second kappa shape index (κ2) is 6.75. The molecule has 1 aromatic carbocycles. The molecule has 1 saturated heterocycles. The quantitative estimate of drug-likeness (QED) is 0.858. The van der Waals surface area contributed by atoms with Gasteiger partial charge in [0, 0.05) is 23.6 Å². The molecule has 5 heteroatoms. The van der Waals surface area contributed by atoms with Crippen LogP contribution in [0.25, 0.3) is 0 Å². The van der Waals surface area contributed by atoms with Crippen LogP contribution >= 0.6 is 23.5 Å². The molecule has 1 N–H and O–H groups in total. The third-order valence-electron chi connectivity index (χ3n) is 2.39. The van der Waals surface area contributed by atoms with E-state index < -0.39 is 6.09 Å². The molecule has 0 spiro atoms. The van der Waals surface area contributed by atoms with Crippen LogP contribution < -0.4 is 10.1 Å². The lowest BCUT2D eigenvalue weighted by Gasteiger charge is -2.14. The second-order valence-electron chi connectivity index (χ2n) is 3.67. The zero-order chi connectivity index (χ0) is 12.8. The highest BCUT2D eigenvalue weighted by molar-refractivity contribution is 8.19. The van der Waals surface area contributed by atoms with Gasteiger partial charge in [0.15, 0.2) is 0 Å². The van der Waals surface area contributed by atoms with Gasteiger partial charge < -0.3 is 10.1 Å². The summed E-state index contributed by atoms with van der Waals surface area (Å²) in [5.74, 6) is 2.93. The molecule has 0 atom stereocenters. The zero-order valence-corrected chi connectivity index (χ0v) is 11.6. The Labute approximate surface area is 115 Å². The number of thioether (sulfide) groups is 2. The van der Waals surface area contributed by atoms with E-state index in [0.29, 0.717) is 16.9 Å². The van der Waals surface area contributed by atoms with Gasteiger partial charge in [-0.05, 0) is 6.07 Å². The van der Waals surface area contributed by atoms with Crippen LogP contribution in [-0.4, -0.2) is 24.1 Å². The van der Waals surface area contributed by atoms with E-state index in [1.807, 2.05) is 47.8 Å². The third-order valence-corrected chi connectivity index (χ3v) is 5.46. The molecular weight excluding hydrogens is 266 g/mol. The third kappa shape index (κ3) is 3.46.